The monoisotopic (exact) mass is 268 g/mol. The van der Waals surface area contributed by atoms with E-state index in [1.165, 1.54) is 36.6 Å². The van der Waals surface area contributed by atoms with Gasteiger partial charge >= 0.3 is 0 Å². The smallest absolute Gasteiger partial charge is 0.156 e. The number of aliphatic imine (C=N–C) groups is 1. The van der Waals surface area contributed by atoms with Crippen molar-refractivity contribution in [3.05, 3.63) is 0 Å². The summed E-state index contributed by atoms with van der Waals surface area (Å²) in [6, 6.07) is 0.602. The molecule has 102 valence electrons. The van der Waals surface area contributed by atoms with E-state index in [0.29, 0.717) is 17.6 Å². The Hall–Kier alpha value is -0.220. The minimum Gasteiger partial charge on any atom is -0.378 e. The van der Waals surface area contributed by atoms with Crippen molar-refractivity contribution < 1.29 is 4.74 Å². The molecule has 1 heterocycles. The lowest BCUT2D eigenvalue weighted by atomic mass is 9.88. The van der Waals surface area contributed by atoms with Crippen LogP contribution in [0.15, 0.2) is 4.99 Å². The Morgan fingerprint density at radius 2 is 2.17 bits per heavy atom. The predicted molar refractivity (Wildman–Crippen MR) is 77.2 cm³/mol. The minimum atomic E-state index is 0.489. The summed E-state index contributed by atoms with van der Waals surface area (Å²) in [4.78, 5) is 4.79. The minimum absolute atomic E-state index is 0.489. The third kappa shape index (κ3) is 2.69. The molecule has 18 heavy (non-hydrogen) atoms. The van der Waals surface area contributed by atoms with Gasteiger partial charge in [0.05, 0.1) is 6.10 Å². The molecule has 0 aromatic carbocycles. The third-order valence-electron chi connectivity index (χ3n) is 4.56. The van der Waals surface area contributed by atoms with Crippen molar-refractivity contribution in [1.29, 1.82) is 0 Å². The molecule has 0 radical (unpaired) electrons. The van der Waals surface area contributed by atoms with Gasteiger partial charge in [-0.25, -0.2) is 0 Å². The molecule has 3 aliphatic rings. The van der Waals surface area contributed by atoms with Crippen molar-refractivity contribution in [1.82, 2.24) is 5.32 Å². The van der Waals surface area contributed by atoms with Crippen molar-refractivity contribution in [2.24, 2.45) is 10.4 Å². The number of hydrogen-bond donors (Lipinski definition) is 1. The van der Waals surface area contributed by atoms with Gasteiger partial charge in [0.1, 0.15) is 0 Å². The number of rotatable bonds is 3. The van der Waals surface area contributed by atoms with E-state index in [-0.39, 0.29) is 0 Å². The second-order valence-electron chi connectivity index (χ2n) is 6.01. The number of thioether (sulfide) groups is 1. The van der Waals surface area contributed by atoms with E-state index in [0.717, 1.165) is 26.0 Å². The van der Waals surface area contributed by atoms with Crippen molar-refractivity contribution in [3.8, 4) is 0 Å². The van der Waals surface area contributed by atoms with E-state index in [1.54, 1.807) is 0 Å². The number of hydrogen-bond acceptors (Lipinski definition) is 4. The molecule has 2 fully saturated rings. The highest BCUT2D eigenvalue weighted by molar-refractivity contribution is 8.13. The largest absolute Gasteiger partial charge is 0.378 e. The van der Waals surface area contributed by atoms with Gasteiger partial charge in [-0.15, -0.1) is 0 Å². The van der Waals surface area contributed by atoms with Gasteiger partial charge in [0.25, 0.3) is 0 Å². The van der Waals surface area contributed by atoms with Gasteiger partial charge in [-0.3, -0.25) is 4.99 Å². The summed E-state index contributed by atoms with van der Waals surface area (Å²) in [5.41, 5.74) is 0.559. The molecule has 2 aliphatic carbocycles. The zero-order chi connectivity index (χ0) is 12.4. The molecule has 1 aliphatic heterocycles. The molecule has 0 aromatic heterocycles. The second-order valence-corrected chi connectivity index (χ2v) is 6.97. The second kappa shape index (κ2) is 5.41. The summed E-state index contributed by atoms with van der Waals surface area (Å²) < 4.78 is 5.59. The lowest BCUT2D eigenvalue weighted by Gasteiger charge is -2.38. The Morgan fingerprint density at radius 1 is 1.39 bits per heavy atom. The first-order chi connectivity index (χ1) is 8.80. The van der Waals surface area contributed by atoms with E-state index in [4.69, 9.17) is 9.73 Å². The molecule has 1 N–H and O–H groups in total. The molecular formula is C14H24N2OS. The maximum Gasteiger partial charge on any atom is 0.156 e. The highest BCUT2D eigenvalue weighted by atomic mass is 32.2. The number of amidine groups is 1. The molecule has 0 bridgehead atoms. The van der Waals surface area contributed by atoms with E-state index >= 15 is 0 Å². The van der Waals surface area contributed by atoms with Crippen molar-refractivity contribution in [3.63, 3.8) is 0 Å². The quantitative estimate of drug-likeness (QED) is 0.854. The van der Waals surface area contributed by atoms with E-state index in [9.17, 15) is 0 Å². The van der Waals surface area contributed by atoms with Gasteiger partial charge in [0, 0.05) is 24.9 Å². The first-order valence-electron chi connectivity index (χ1n) is 7.35. The molecule has 0 unspecified atom stereocenters. The Bertz CT molecular complexity index is 320. The predicted octanol–water partition coefficient (Wildman–Crippen LogP) is 2.81. The lowest BCUT2D eigenvalue weighted by Crippen LogP contribution is -2.48. The van der Waals surface area contributed by atoms with Gasteiger partial charge in [-0.05, 0) is 38.0 Å². The molecule has 3 rings (SSSR count). The zero-order valence-electron chi connectivity index (χ0n) is 11.3. The molecule has 3 nitrogen and oxygen atoms in total. The summed E-state index contributed by atoms with van der Waals surface area (Å²) in [6.07, 6.45) is 8.41. The summed E-state index contributed by atoms with van der Waals surface area (Å²) in [5.74, 6) is 1.28. The third-order valence-corrected chi connectivity index (χ3v) is 5.84. The van der Waals surface area contributed by atoms with Crippen LogP contribution in [-0.2, 0) is 4.74 Å². The van der Waals surface area contributed by atoms with Crippen LogP contribution in [-0.4, -0.2) is 36.2 Å². The van der Waals surface area contributed by atoms with Crippen LogP contribution in [0.25, 0.3) is 0 Å². The van der Waals surface area contributed by atoms with Gasteiger partial charge in [-0.1, -0.05) is 24.6 Å². The average molecular weight is 268 g/mol. The van der Waals surface area contributed by atoms with Crippen molar-refractivity contribution in [2.45, 2.75) is 57.6 Å². The van der Waals surface area contributed by atoms with Gasteiger partial charge in [0.15, 0.2) is 5.17 Å². The SMILES string of the molecule is CCOC1CC(NC2=NCC3(CCCC3)CS2)C1. The molecule has 4 heteroatoms. The number of ether oxygens (including phenoxy) is 1. The molecule has 1 spiro atoms. The van der Waals surface area contributed by atoms with Crippen LogP contribution in [0, 0.1) is 5.41 Å². The van der Waals surface area contributed by atoms with Crippen LogP contribution in [0.3, 0.4) is 0 Å². The van der Waals surface area contributed by atoms with Crippen LogP contribution >= 0.6 is 11.8 Å². The Morgan fingerprint density at radius 3 is 2.78 bits per heavy atom. The van der Waals surface area contributed by atoms with Crippen LogP contribution < -0.4 is 5.32 Å². The number of nitrogens with zero attached hydrogens (tertiary/aromatic N) is 1. The number of nitrogens with one attached hydrogen (secondary N) is 1. The maximum absolute atomic E-state index is 5.59. The van der Waals surface area contributed by atoms with Gasteiger partial charge in [0.2, 0.25) is 0 Å². The standard InChI is InChI=1S/C14H24N2OS/c1-2-17-12-7-11(8-12)16-13-15-9-14(10-18-13)5-3-4-6-14/h11-12H,2-10H2,1H3,(H,15,16). The summed E-state index contributed by atoms with van der Waals surface area (Å²) in [6.45, 7) is 3.97. The summed E-state index contributed by atoms with van der Waals surface area (Å²) in [5, 5.41) is 4.77. The first-order valence-corrected chi connectivity index (χ1v) is 8.34. The molecule has 0 amide bonds. The molecule has 0 saturated heterocycles. The van der Waals surface area contributed by atoms with Crippen LogP contribution in [0.2, 0.25) is 0 Å². The topological polar surface area (TPSA) is 33.6 Å². The van der Waals surface area contributed by atoms with Gasteiger partial charge < -0.3 is 10.1 Å². The molecular weight excluding hydrogens is 244 g/mol. The normalized spacial score (nSPS) is 34.2. The Balaban J connectivity index is 1.44. The van der Waals surface area contributed by atoms with Crippen LogP contribution in [0.5, 0.6) is 0 Å². The van der Waals surface area contributed by atoms with Crippen molar-refractivity contribution >= 4 is 16.9 Å². The first kappa shape index (κ1) is 12.8. The van der Waals surface area contributed by atoms with E-state index < -0.39 is 0 Å². The highest BCUT2D eigenvalue weighted by Gasteiger charge is 2.37. The van der Waals surface area contributed by atoms with Crippen LogP contribution in [0.1, 0.15) is 45.4 Å². The fourth-order valence-corrected chi connectivity index (χ4v) is 4.53. The molecule has 2 saturated carbocycles. The highest BCUT2D eigenvalue weighted by Crippen LogP contribution is 2.43. The zero-order valence-corrected chi connectivity index (χ0v) is 12.1. The van der Waals surface area contributed by atoms with Crippen LogP contribution in [0.4, 0.5) is 0 Å². The molecule has 0 aromatic rings. The Kier molecular flexibility index (Phi) is 3.85. The van der Waals surface area contributed by atoms with E-state index in [2.05, 4.69) is 12.2 Å². The van der Waals surface area contributed by atoms with Crippen molar-refractivity contribution in [2.75, 3.05) is 18.9 Å². The average Bonchev–Trinajstić information content (AvgIpc) is 2.78. The maximum atomic E-state index is 5.59. The fraction of sp³-hybridized carbons (Fsp3) is 0.929. The summed E-state index contributed by atoms with van der Waals surface area (Å²) >= 11 is 1.95. The summed E-state index contributed by atoms with van der Waals surface area (Å²) in [7, 11) is 0. The fourth-order valence-electron chi connectivity index (χ4n) is 3.30. The lowest BCUT2D eigenvalue weighted by molar-refractivity contribution is -0.00545. The Labute approximate surface area is 114 Å². The van der Waals surface area contributed by atoms with Gasteiger partial charge in [-0.2, -0.15) is 0 Å². The van der Waals surface area contributed by atoms with E-state index in [1.807, 2.05) is 11.8 Å². The molecule has 0 atom stereocenters.